The molecule has 0 amide bonds. The molecule has 1 aromatic heterocycles. The van der Waals surface area contributed by atoms with Crippen LogP contribution in [0.5, 0.6) is 0 Å². The summed E-state index contributed by atoms with van der Waals surface area (Å²) in [6.45, 7) is 3.90. The minimum atomic E-state index is -0.566. The maximum Gasteiger partial charge on any atom is 0.346 e. The molecule has 0 spiro atoms. The average molecular weight is 243 g/mol. The first-order chi connectivity index (χ1) is 8.49. The molecule has 3 N–H and O–H groups in total. The average Bonchev–Trinajstić information content (AvgIpc) is 2.32. The number of carbonyl (C=O) groups is 1. The molecule has 0 saturated carbocycles. The van der Waals surface area contributed by atoms with Gasteiger partial charge in [-0.05, 0) is 31.0 Å². The monoisotopic (exact) mass is 243 g/mol. The number of H-pyrrole nitrogens is 1. The highest BCUT2D eigenvalue weighted by atomic mass is 16.1. The zero-order valence-electron chi connectivity index (χ0n) is 10.2. The van der Waals surface area contributed by atoms with E-state index in [9.17, 15) is 9.59 Å². The maximum absolute atomic E-state index is 12.2. The SMILES string of the molecule is Cc1ccc(C(=O)c2cnc(=O)[nH]c2N)cc1C. The molecule has 2 aromatic rings. The van der Waals surface area contributed by atoms with E-state index in [4.69, 9.17) is 5.73 Å². The van der Waals surface area contributed by atoms with E-state index in [1.807, 2.05) is 19.9 Å². The topological polar surface area (TPSA) is 88.8 Å². The van der Waals surface area contributed by atoms with Crippen molar-refractivity contribution in [2.24, 2.45) is 0 Å². The summed E-state index contributed by atoms with van der Waals surface area (Å²) in [7, 11) is 0. The van der Waals surface area contributed by atoms with Crippen LogP contribution in [0.4, 0.5) is 5.82 Å². The van der Waals surface area contributed by atoms with Crippen LogP contribution in [0.2, 0.25) is 0 Å². The van der Waals surface area contributed by atoms with Crippen LogP contribution in [0.3, 0.4) is 0 Å². The van der Waals surface area contributed by atoms with Crippen LogP contribution in [0.1, 0.15) is 27.0 Å². The molecule has 2 rings (SSSR count). The fourth-order valence-corrected chi connectivity index (χ4v) is 1.63. The van der Waals surface area contributed by atoms with Crippen molar-refractivity contribution in [1.82, 2.24) is 9.97 Å². The van der Waals surface area contributed by atoms with Gasteiger partial charge >= 0.3 is 5.69 Å². The molecule has 92 valence electrons. The van der Waals surface area contributed by atoms with Crippen LogP contribution in [0, 0.1) is 13.8 Å². The zero-order valence-corrected chi connectivity index (χ0v) is 10.2. The van der Waals surface area contributed by atoms with Gasteiger partial charge in [0.2, 0.25) is 0 Å². The lowest BCUT2D eigenvalue weighted by atomic mass is 10.0. The first-order valence-corrected chi connectivity index (χ1v) is 5.46. The number of benzene rings is 1. The van der Waals surface area contributed by atoms with Gasteiger partial charge in [0.25, 0.3) is 0 Å². The maximum atomic E-state index is 12.2. The first-order valence-electron chi connectivity index (χ1n) is 5.46. The summed E-state index contributed by atoms with van der Waals surface area (Å²) >= 11 is 0. The molecule has 0 fully saturated rings. The van der Waals surface area contributed by atoms with Crippen LogP contribution < -0.4 is 11.4 Å². The number of hydrogen-bond acceptors (Lipinski definition) is 4. The van der Waals surface area contributed by atoms with E-state index in [1.165, 1.54) is 6.20 Å². The van der Waals surface area contributed by atoms with E-state index in [0.29, 0.717) is 5.56 Å². The largest absolute Gasteiger partial charge is 0.384 e. The number of anilines is 1. The molecule has 1 heterocycles. The number of hydrogen-bond donors (Lipinski definition) is 2. The summed E-state index contributed by atoms with van der Waals surface area (Å²) < 4.78 is 0. The van der Waals surface area contributed by atoms with E-state index in [1.54, 1.807) is 12.1 Å². The number of nitrogens with two attached hydrogens (primary N) is 1. The summed E-state index contributed by atoms with van der Waals surface area (Å²) in [4.78, 5) is 29.0. The van der Waals surface area contributed by atoms with Crippen LogP contribution in [-0.4, -0.2) is 15.8 Å². The number of aryl methyl sites for hydroxylation is 2. The third-order valence-corrected chi connectivity index (χ3v) is 2.86. The lowest BCUT2D eigenvalue weighted by Crippen LogP contribution is -2.17. The fraction of sp³-hybridized carbons (Fsp3) is 0.154. The van der Waals surface area contributed by atoms with E-state index >= 15 is 0 Å². The Labute approximate surface area is 104 Å². The molecule has 0 aliphatic heterocycles. The Bertz CT molecular complexity index is 674. The van der Waals surface area contributed by atoms with Gasteiger partial charge < -0.3 is 5.73 Å². The quantitative estimate of drug-likeness (QED) is 0.775. The minimum Gasteiger partial charge on any atom is -0.384 e. The smallest absolute Gasteiger partial charge is 0.346 e. The fourth-order valence-electron chi connectivity index (χ4n) is 1.63. The van der Waals surface area contributed by atoms with Crippen molar-refractivity contribution in [3.05, 3.63) is 57.1 Å². The van der Waals surface area contributed by atoms with E-state index in [2.05, 4.69) is 9.97 Å². The van der Waals surface area contributed by atoms with Gasteiger partial charge in [-0.1, -0.05) is 12.1 Å². The third-order valence-electron chi connectivity index (χ3n) is 2.86. The Morgan fingerprint density at radius 2 is 2.00 bits per heavy atom. The molecular formula is C13H13N3O2. The summed E-state index contributed by atoms with van der Waals surface area (Å²) in [6.07, 6.45) is 1.20. The Balaban J connectivity index is 2.47. The Morgan fingerprint density at radius 3 is 2.61 bits per heavy atom. The van der Waals surface area contributed by atoms with Gasteiger partial charge in [-0.2, -0.15) is 0 Å². The normalized spacial score (nSPS) is 10.3. The molecule has 0 bridgehead atoms. The van der Waals surface area contributed by atoms with Gasteiger partial charge in [-0.3, -0.25) is 9.78 Å². The van der Waals surface area contributed by atoms with Gasteiger partial charge in [0.15, 0.2) is 5.78 Å². The van der Waals surface area contributed by atoms with E-state index in [-0.39, 0.29) is 17.2 Å². The number of nitrogens with one attached hydrogen (secondary N) is 1. The molecule has 18 heavy (non-hydrogen) atoms. The van der Waals surface area contributed by atoms with Gasteiger partial charge in [-0.15, -0.1) is 0 Å². The van der Waals surface area contributed by atoms with Gasteiger partial charge in [0.1, 0.15) is 5.82 Å². The standard InChI is InChI=1S/C13H13N3O2/c1-7-3-4-9(5-8(7)2)11(17)10-6-15-13(18)16-12(10)14/h3-6H,1-2H3,(H3,14,15,16,18). The number of nitrogen functional groups attached to an aromatic ring is 1. The highest BCUT2D eigenvalue weighted by molar-refractivity contribution is 6.11. The van der Waals surface area contributed by atoms with Crippen molar-refractivity contribution in [3.63, 3.8) is 0 Å². The second-order valence-corrected chi connectivity index (χ2v) is 4.14. The summed E-state index contributed by atoms with van der Waals surface area (Å²) in [5.74, 6) is -0.211. The van der Waals surface area contributed by atoms with Crippen molar-refractivity contribution >= 4 is 11.6 Å². The lowest BCUT2D eigenvalue weighted by Gasteiger charge is -2.06. The Kier molecular flexibility index (Phi) is 2.97. The molecule has 0 aliphatic rings. The van der Waals surface area contributed by atoms with Crippen LogP contribution in [0.25, 0.3) is 0 Å². The summed E-state index contributed by atoms with van der Waals surface area (Å²) in [5, 5.41) is 0. The molecule has 5 heteroatoms. The van der Waals surface area contributed by atoms with Crippen LogP contribution >= 0.6 is 0 Å². The molecule has 0 aliphatic carbocycles. The molecule has 1 aromatic carbocycles. The third kappa shape index (κ3) is 2.15. The predicted octanol–water partition coefficient (Wildman–Crippen LogP) is 1.20. The first kappa shape index (κ1) is 12.0. The molecule has 0 unspecified atom stereocenters. The Morgan fingerprint density at radius 1 is 1.28 bits per heavy atom. The van der Waals surface area contributed by atoms with Crippen molar-refractivity contribution < 1.29 is 4.79 Å². The Hall–Kier alpha value is -2.43. The van der Waals surface area contributed by atoms with E-state index in [0.717, 1.165) is 11.1 Å². The summed E-state index contributed by atoms with van der Waals surface area (Å²) in [5.41, 5.74) is 7.91. The number of carbonyl (C=O) groups excluding carboxylic acids is 1. The highest BCUT2D eigenvalue weighted by Gasteiger charge is 2.14. The number of aromatic nitrogens is 2. The lowest BCUT2D eigenvalue weighted by molar-refractivity contribution is 0.103. The number of ketones is 1. The number of nitrogens with zero attached hydrogens (tertiary/aromatic N) is 1. The van der Waals surface area contributed by atoms with E-state index < -0.39 is 5.69 Å². The van der Waals surface area contributed by atoms with Gasteiger partial charge in [0.05, 0.1) is 5.56 Å². The van der Waals surface area contributed by atoms with Crippen molar-refractivity contribution in [3.8, 4) is 0 Å². The van der Waals surface area contributed by atoms with Crippen molar-refractivity contribution in [1.29, 1.82) is 0 Å². The summed E-state index contributed by atoms with van der Waals surface area (Å²) in [6, 6.07) is 5.40. The predicted molar refractivity (Wildman–Crippen MR) is 68.6 cm³/mol. The van der Waals surface area contributed by atoms with Gasteiger partial charge in [0, 0.05) is 11.8 Å². The second kappa shape index (κ2) is 4.44. The van der Waals surface area contributed by atoms with Crippen LogP contribution in [-0.2, 0) is 0 Å². The minimum absolute atomic E-state index is 0.0400. The molecule has 0 atom stereocenters. The van der Waals surface area contributed by atoms with Gasteiger partial charge in [-0.25, -0.2) is 9.78 Å². The molecule has 0 saturated heterocycles. The van der Waals surface area contributed by atoms with Crippen molar-refractivity contribution in [2.45, 2.75) is 13.8 Å². The second-order valence-electron chi connectivity index (χ2n) is 4.14. The highest BCUT2D eigenvalue weighted by Crippen LogP contribution is 2.15. The number of rotatable bonds is 2. The molecule has 0 radical (unpaired) electrons. The number of aromatic amines is 1. The van der Waals surface area contributed by atoms with Crippen molar-refractivity contribution in [2.75, 3.05) is 5.73 Å². The molecular weight excluding hydrogens is 230 g/mol. The van der Waals surface area contributed by atoms with Crippen LogP contribution in [0.15, 0.2) is 29.2 Å². The zero-order chi connectivity index (χ0) is 13.3. The molecule has 5 nitrogen and oxygen atoms in total.